The average Bonchev–Trinajstić information content (AvgIpc) is 2.49. The summed E-state index contributed by atoms with van der Waals surface area (Å²) in [7, 11) is 0. The average molecular weight is 202 g/mol. The Bertz CT molecular complexity index is 452. The molecule has 0 saturated carbocycles. The highest BCUT2D eigenvalue weighted by atomic mass is 16.5. The van der Waals surface area contributed by atoms with Crippen molar-refractivity contribution in [2.45, 2.75) is 6.92 Å². The molecule has 0 bridgehead atoms. The Balaban J connectivity index is 2.25. The second-order valence-electron chi connectivity index (χ2n) is 3.32. The van der Waals surface area contributed by atoms with Gasteiger partial charge in [0, 0.05) is 6.08 Å². The van der Waals surface area contributed by atoms with Gasteiger partial charge in [0.05, 0.1) is 0 Å². The molecule has 1 aromatic rings. The van der Waals surface area contributed by atoms with E-state index in [1.54, 1.807) is 37.3 Å². The Morgan fingerprint density at radius 1 is 1.27 bits per heavy atom. The Hall–Kier alpha value is -2.03. The smallest absolute Gasteiger partial charge is 0.224 e. The van der Waals surface area contributed by atoms with Gasteiger partial charge in [0.2, 0.25) is 5.78 Å². The van der Waals surface area contributed by atoms with Crippen molar-refractivity contribution < 1.29 is 14.6 Å². The fraction of sp³-hybridized carbons (Fsp3) is 0.0833. The maximum absolute atomic E-state index is 11.3. The van der Waals surface area contributed by atoms with Crippen LogP contribution in [0.1, 0.15) is 12.5 Å². The number of ether oxygens (including phenoxy) is 1. The first kappa shape index (κ1) is 9.52. The third-order valence-electron chi connectivity index (χ3n) is 2.04. The molecule has 2 rings (SSSR count). The molecule has 0 saturated heterocycles. The topological polar surface area (TPSA) is 46.5 Å². The summed E-state index contributed by atoms with van der Waals surface area (Å²) in [6, 6.07) is 6.55. The molecule has 0 aliphatic carbocycles. The van der Waals surface area contributed by atoms with Gasteiger partial charge in [-0.1, -0.05) is 12.1 Å². The second-order valence-corrected chi connectivity index (χ2v) is 3.32. The summed E-state index contributed by atoms with van der Waals surface area (Å²) in [4.78, 5) is 11.3. The van der Waals surface area contributed by atoms with E-state index in [1.807, 2.05) is 0 Å². The quantitative estimate of drug-likeness (QED) is 0.710. The van der Waals surface area contributed by atoms with E-state index in [1.165, 1.54) is 6.08 Å². The van der Waals surface area contributed by atoms with Crippen LogP contribution in [0.3, 0.4) is 0 Å². The molecule has 1 aliphatic heterocycles. The van der Waals surface area contributed by atoms with Crippen LogP contribution in [0.5, 0.6) is 5.75 Å². The lowest BCUT2D eigenvalue weighted by molar-refractivity contribution is -0.112. The number of hydrogen-bond acceptors (Lipinski definition) is 3. The fourth-order valence-electron chi connectivity index (χ4n) is 1.33. The number of carbonyl (C=O) groups excluding carboxylic acids is 1. The molecule has 3 heteroatoms. The van der Waals surface area contributed by atoms with E-state index in [9.17, 15) is 4.79 Å². The van der Waals surface area contributed by atoms with Crippen molar-refractivity contribution in [3.05, 3.63) is 47.4 Å². The second kappa shape index (κ2) is 3.61. The van der Waals surface area contributed by atoms with Gasteiger partial charge in [0.25, 0.3) is 0 Å². The molecule has 0 unspecified atom stereocenters. The lowest BCUT2D eigenvalue weighted by atomic mass is 10.2. The Kier molecular flexibility index (Phi) is 2.29. The molecule has 1 heterocycles. The largest absolute Gasteiger partial charge is 0.508 e. The van der Waals surface area contributed by atoms with E-state index in [0.29, 0.717) is 11.5 Å². The van der Waals surface area contributed by atoms with E-state index < -0.39 is 0 Å². The first-order chi connectivity index (χ1) is 7.15. The molecule has 0 spiro atoms. The fourth-order valence-corrected chi connectivity index (χ4v) is 1.33. The maximum atomic E-state index is 11.3. The number of benzene rings is 1. The minimum absolute atomic E-state index is 0.124. The van der Waals surface area contributed by atoms with E-state index in [2.05, 4.69) is 0 Å². The number of ketones is 1. The number of hydrogen-bond donors (Lipinski definition) is 1. The zero-order valence-corrected chi connectivity index (χ0v) is 8.23. The third kappa shape index (κ3) is 2.07. The first-order valence-corrected chi connectivity index (χ1v) is 4.56. The summed E-state index contributed by atoms with van der Waals surface area (Å²) in [5.74, 6) is 0.994. The molecule has 15 heavy (non-hydrogen) atoms. The molecule has 0 fully saturated rings. The van der Waals surface area contributed by atoms with Crippen LogP contribution in [-0.4, -0.2) is 10.9 Å². The van der Waals surface area contributed by atoms with Crippen molar-refractivity contribution in [1.29, 1.82) is 0 Å². The van der Waals surface area contributed by atoms with Crippen LogP contribution in [-0.2, 0) is 9.53 Å². The van der Waals surface area contributed by atoms with Crippen LogP contribution in [0.25, 0.3) is 6.08 Å². The predicted octanol–water partition coefficient (Wildman–Crippen LogP) is 2.24. The molecule has 1 aliphatic rings. The van der Waals surface area contributed by atoms with Crippen molar-refractivity contribution in [3.63, 3.8) is 0 Å². The van der Waals surface area contributed by atoms with Gasteiger partial charge >= 0.3 is 0 Å². The summed E-state index contributed by atoms with van der Waals surface area (Å²) in [6.45, 7) is 1.73. The van der Waals surface area contributed by atoms with Gasteiger partial charge in [-0.05, 0) is 30.7 Å². The summed E-state index contributed by atoms with van der Waals surface area (Å²) >= 11 is 0. The Morgan fingerprint density at radius 2 is 1.93 bits per heavy atom. The zero-order valence-electron chi connectivity index (χ0n) is 8.23. The third-order valence-corrected chi connectivity index (χ3v) is 2.04. The number of phenolic OH excluding ortho intramolecular Hbond substituents is 1. The van der Waals surface area contributed by atoms with Gasteiger partial charge in [-0.15, -0.1) is 0 Å². The minimum Gasteiger partial charge on any atom is -0.508 e. The Morgan fingerprint density at radius 3 is 2.47 bits per heavy atom. The summed E-state index contributed by atoms with van der Waals surface area (Å²) in [5, 5.41) is 9.08. The van der Waals surface area contributed by atoms with Gasteiger partial charge in [-0.2, -0.15) is 0 Å². The van der Waals surface area contributed by atoms with Crippen LogP contribution in [0, 0.1) is 0 Å². The van der Waals surface area contributed by atoms with Crippen LogP contribution in [0.2, 0.25) is 0 Å². The van der Waals surface area contributed by atoms with Crippen molar-refractivity contribution in [2.24, 2.45) is 0 Å². The highest BCUT2D eigenvalue weighted by molar-refractivity contribution is 6.07. The SMILES string of the molecule is CC1=CC(=O)/C(=C/c2ccc(O)cc2)O1. The number of phenols is 1. The van der Waals surface area contributed by atoms with Gasteiger partial charge in [0.1, 0.15) is 11.5 Å². The predicted molar refractivity (Wildman–Crippen MR) is 55.9 cm³/mol. The van der Waals surface area contributed by atoms with E-state index in [4.69, 9.17) is 9.84 Å². The first-order valence-electron chi connectivity index (χ1n) is 4.56. The molecule has 1 N–H and O–H groups in total. The van der Waals surface area contributed by atoms with Gasteiger partial charge < -0.3 is 9.84 Å². The summed E-state index contributed by atoms with van der Waals surface area (Å²) < 4.78 is 5.22. The molecule has 1 aromatic carbocycles. The summed E-state index contributed by atoms with van der Waals surface area (Å²) in [5.41, 5.74) is 0.819. The van der Waals surface area contributed by atoms with E-state index >= 15 is 0 Å². The maximum Gasteiger partial charge on any atom is 0.224 e. The Labute approximate surface area is 87.3 Å². The molecule has 0 radical (unpaired) electrons. The number of allylic oxidation sites excluding steroid dienone is 2. The highest BCUT2D eigenvalue weighted by Crippen LogP contribution is 2.20. The van der Waals surface area contributed by atoms with Gasteiger partial charge in [-0.3, -0.25) is 4.79 Å². The molecule has 0 atom stereocenters. The van der Waals surface area contributed by atoms with Crippen LogP contribution in [0.4, 0.5) is 0 Å². The van der Waals surface area contributed by atoms with Crippen LogP contribution in [0.15, 0.2) is 41.9 Å². The monoisotopic (exact) mass is 202 g/mol. The van der Waals surface area contributed by atoms with Gasteiger partial charge in [0.15, 0.2) is 5.76 Å². The van der Waals surface area contributed by atoms with Crippen molar-refractivity contribution in [3.8, 4) is 5.75 Å². The van der Waals surface area contributed by atoms with Crippen LogP contribution < -0.4 is 0 Å². The normalized spacial score (nSPS) is 17.8. The molecule has 76 valence electrons. The summed E-state index contributed by atoms with van der Waals surface area (Å²) in [6.07, 6.45) is 3.10. The van der Waals surface area contributed by atoms with Crippen LogP contribution >= 0.6 is 0 Å². The molecular formula is C12H10O3. The van der Waals surface area contributed by atoms with Gasteiger partial charge in [-0.25, -0.2) is 0 Å². The minimum atomic E-state index is -0.124. The molecule has 0 amide bonds. The molecular weight excluding hydrogens is 192 g/mol. The van der Waals surface area contributed by atoms with Crippen molar-refractivity contribution in [1.82, 2.24) is 0 Å². The molecule has 0 aromatic heterocycles. The number of aromatic hydroxyl groups is 1. The van der Waals surface area contributed by atoms with E-state index in [-0.39, 0.29) is 11.5 Å². The van der Waals surface area contributed by atoms with Crippen molar-refractivity contribution >= 4 is 11.9 Å². The highest BCUT2D eigenvalue weighted by Gasteiger charge is 2.17. The lowest BCUT2D eigenvalue weighted by Gasteiger charge is -1.99. The lowest BCUT2D eigenvalue weighted by Crippen LogP contribution is -1.92. The van der Waals surface area contributed by atoms with E-state index in [0.717, 1.165) is 5.56 Å². The zero-order chi connectivity index (χ0) is 10.8. The number of carbonyl (C=O) groups is 1. The number of rotatable bonds is 1. The van der Waals surface area contributed by atoms with Crippen molar-refractivity contribution in [2.75, 3.05) is 0 Å². The molecule has 3 nitrogen and oxygen atoms in total. The standard InChI is InChI=1S/C12H10O3/c1-8-6-11(14)12(15-8)7-9-2-4-10(13)5-3-9/h2-7,13H,1H3/b12-7-.